The number of ketones is 6. The summed E-state index contributed by atoms with van der Waals surface area (Å²) in [5, 5.41) is 61.3. The Morgan fingerprint density at radius 3 is 1.15 bits per heavy atom. The number of unbranched alkanes of at least 4 members (excludes halogenated alkanes) is 7. The van der Waals surface area contributed by atoms with Gasteiger partial charge in [0, 0.05) is 192 Å². The first-order valence-electron chi connectivity index (χ1n) is 48.0. The Hall–Kier alpha value is -9.02. The van der Waals surface area contributed by atoms with E-state index in [1.807, 2.05) is 13.8 Å². The van der Waals surface area contributed by atoms with Crippen LogP contribution in [0.5, 0.6) is 0 Å². The van der Waals surface area contributed by atoms with E-state index >= 15 is 0 Å². The first kappa shape index (κ1) is 134. The molecule has 0 aromatic carbocycles. The number of Topliss-reactive ketones (excluding diaryl/α,β-unsaturated/α-hetero) is 6. The highest BCUT2D eigenvalue weighted by Gasteiger charge is 2.39. The molecule has 786 valence electrons. The number of carbonyl (C=O) groups excluding carboxylic acids is 22. The molecule has 1 aliphatic heterocycles. The summed E-state index contributed by atoms with van der Waals surface area (Å²) < 4.78 is 0. The zero-order chi connectivity index (χ0) is 104. The van der Waals surface area contributed by atoms with Crippen LogP contribution < -0.4 is 75.7 Å². The molecule has 16 amide bonds. The number of imide groups is 1. The van der Waals surface area contributed by atoms with E-state index in [4.69, 9.17) is 37.6 Å². The van der Waals surface area contributed by atoms with Crippen molar-refractivity contribution in [1.82, 2.24) is 63.4 Å². The van der Waals surface area contributed by atoms with Gasteiger partial charge in [-0.25, -0.2) is 0 Å². The van der Waals surface area contributed by atoms with Crippen molar-refractivity contribution in [2.75, 3.05) is 100 Å². The van der Waals surface area contributed by atoms with Crippen molar-refractivity contribution in [2.45, 2.75) is 341 Å². The molecule has 1 saturated heterocycles. The van der Waals surface area contributed by atoms with E-state index in [1.54, 1.807) is 41.5 Å². The van der Waals surface area contributed by atoms with E-state index in [-0.39, 0.29) is 222 Å². The van der Waals surface area contributed by atoms with Crippen LogP contribution in [0, 0.1) is 5.92 Å². The number of amides is 16. The Balaban J connectivity index is -0.00000233. The maximum absolute atomic E-state index is 14.1. The predicted octanol–water partition coefficient (Wildman–Crippen LogP) is 2.36. The number of nitrogens with one attached hydrogen (secondary N) is 11. The van der Waals surface area contributed by atoms with Crippen LogP contribution in [0.3, 0.4) is 0 Å². The van der Waals surface area contributed by atoms with Crippen LogP contribution in [0.1, 0.15) is 300 Å². The van der Waals surface area contributed by atoms with Gasteiger partial charge in [-0.1, -0.05) is 87.5 Å². The normalized spacial score (nSPS) is 13.3. The standard InChI is InChI=1S/C70H117N13O18S4.2C6H12O2.2C5H11NO2/c1-6-47(85)24-12-10-14-27-50(78-59(90)8-3)56(88)39-46(64(71)95)23-16-19-34-75-62(93)44-104-42-55(77-45(5)84)69(100)81-53(29-15-11-13-25-49(87)32-38-105-57-40-63(94)83(70(57)101)36-31-48(86)26-22-37-102)68(99)82-54(66(73)97)41-103-43-61(92)76-35-20-17-28-51(65(72)96)80-67(98)52(79-60(91)9-4)30-18-21-33-74-58(89)7-2;2*1-2-6(8)4-3-5-7;2*1-2-5(8)6-3-4-7/h46,50-55,57,102H,6-44H2,1-5H3,(H2,71,95)(H2,72,96)(H2,73,97)(H,74,89)(H,75,93)(H,76,92)(H,77,84)(H,78,90)(H,79,91)(H,80,98)(H,81,100)(H,82,99);2*7H,2-5H2,1H3;2*7H,2-4H2,1H3,(H,6,8). The Bertz CT molecular complexity index is 3550. The molecule has 1 aliphatic rings. The topological polar surface area (TPSA) is 670 Å². The maximum atomic E-state index is 14.1. The summed E-state index contributed by atoms with van der Waals surface area (Å²) in [6.07, 6.45) is 13.5. The largest absolute Gasteiger partial charge is 0.396 e. The highest BCUT2D eigenvalue weighted by atomic mass is 32.2. The average Bonchev–Trinajstić information content (AvgIpc) is 1.68. The molecule has 45 heteroatoms. The SMILES string of the molecule is CCC(=O)CCCCCC(NC(=O)CC)C(=O)CC(CCCCNC(=O)CSCC(NC(C)=O)C(=O)NC(CCCCCC(=O)CCSC1CC(=O)N(CCC(=O)CCCS)C1=O)C(=O)NC(CSCC(=O)NCCCCC(NC(=O)C(CCCCNC(=O)CC)NC(=O)CC)C(N)=O)C(N)=O)C(N)=O.CCC(=O)CCCO.CCC(=O)CCCO.CCC(=O)NCCO.CCC(=O)NCCO. The number of thiol groups is 1. The second kappa shape index (κ2) is 88.4. The third kappa shape index (κ3) is 75.6. The fourth-order valence-corrected chi connectivity index (χ4v) is 15.4. The highest BCUT2D eigenvalue weighted by molar-refractivity contribution is 8.00. The quantitative estimate of drug-likeness (QED) is 0.0236. The van der Waals surface area contributed by atoms with Gasteiger partial charge in [0.2, 0.25) is 94.5 Å². The molecule has 0 aromatic rings. The number of carbonyl (C=O) groups is 22. The van der Waals surface area contributed by atoms with Gasteiger partial charge in [-0.05, 0) is 102 Å². The number of aliphatic hydroxyl groups is 4. The predicted molar refractivity (Wildman–Crippen MR) is 529 cm³/mol. The molecule has 0 aliphatic carbocycles. The van der Waals surface area contributed by atoms with E-state index in [2.05, 4.69) is 71.1 Å². The Morgan fingerprint density at radius 2 is 0.730 bits per heavy atom. The summed E-state index contributed by atoms with van der Waals surface area (Å²) in [7, 11) is 0. The molecule has 0 spiro atoms. The number of nitrogens with two attached hydrogens (primary N) is 3. The molecule has 0 radical (unpaired) electrons. The third-order valence-corrected chi connectivity index (χ3v) is 24.2. The number of hydrogen-bond acceptors (Lipinski definition) is 30. The molecule has 1 rings (SSSR count). The van der Waals surface area contributed by atoms with Crippen LogP contribution in [0.15, 0.2) is 0 Å². The van der Waals surface area contributed by atoms with Gasteiger partial charge in [0.15, 0.2) is 5.78 Å². The van der Waals surface area contributed by atoms with E-state index < -0.39 is 106 Å². The molecule has 0 aromatic heterocycles. The van der Waals surface area contributed by atoms with Gasteiger partial charge in [-0.3, -0.25) is 110 Å². The van der Waals surface area contributed by atoms with E-state index in [0.717, 1.165) is 28.4 Å². The minimum Gasteiger partial charge on any atom is -0.396 e. The number of hydrogen-bond donors (Lipinski definition) is 19. The van der Waals surface area contributed by atoms with Crippen molar-refractivity contribution in [1.29, 1.82) is 0 Å². The first-order chi connectivity index (χ1) is 65.2. The minimum absolute atomic E-state index is 0.00500. The maximum Gasteiger partial charge on any atom is 0.244 e. The van der Waals surface area contributed by atoms with Crippen LogP contribution in [0.4, 0.5) is 0 Å². The van der Waals surface area contributed by atoms with Gasteiger partial charge in [0.05, 0.1) is 36.0 Å². The highest BCUT2D eigenvalue weighted by Crippen LogP contribution is 2.27. The summed E-state index contributed by atoms with van der Waals surface area (Å²) in [5.74, 6) is -8.29. The zero-order valence-corrected chi connectivity index (χ0v) is 85.6. The molecule has 8 atom stereocenters. The van der Waals surface area contributed by atoms with Crippen molar-refractivity contribution < 1.29 is 126 Å². The minimum atomic E-state index is -1.35. The average molecular weight is 2020 g/mol. The lowest BCUT2D eigenvalue weighted by atomic mass is 9.91. The van der Waals surface area contributed by atoms with Gasteiger partial charge in [-0.15, -0.1) is 35.3 Å². The van der Waals surface area contributed by atoms with Crippen molar-refractivity contribution in [3.63, 3.8) is 0 Å². The molecular weight excluding hydrogens is 1860 g/mol. The van der Waals surface area contributed by atoms with E-state index in [1.165, 1.54) is 18.7 Å². The third-order valence-electron chi connectivity index (χ3n) is 20.6. The van der Waals surface area contributed by atoms with Gasteiger partial charge in [-0.2, -0.15) is 12.6 Å². The lowest BCUT2D eigenvalue weighted by Gasteiger charge is -2.24. The van der Waals surface area contributed by atoms with E-state index in [0.29, 0.717) is 186 Å². The van der Waals surface area contributed by atoms with Crippen molar-refractivity contribution in [3.8, 4) is 0 Å². The number of likely N-dealkylation sites (tertiary alicyclic amines) is 1. The first-order valence-corrected chi connectivity index (χ1v) is 52.0. The number of primary amides is 3. The molecule has 1 heterocycles. The smallest absolute Gasteiger partial charge is 0.244 e. The van der Waals surface area contributed by atoms with Gasteiger partial charge >= 0.3 is 0 Å². The molecule has 41 nitrogen and oxygen atoms in total. The van der Waals surface area contributed by atoms with Gasteiger partial charge < -0.3 is 96.1 Å². The number of thioether (sulfide) groups is 3. The van der Waals surface area contributed by atoms with Crippen molar-refractivity contribution >= 4 is 177 Å². The summed E-state index contributed by atoms with van der Waals surface area (Å²) in [6.45, 7) is 17.0. The van der Waals surface area contributed by atoms with Gasteiger partial charge in [0.1, 0.15) is 59.1 Å². The number of aliphatic hydroxyl groups excluding tert-OH is 4. The summed E-state index contributed by atoms with van der Waals surface area (Å²) in [6, 6.07) is -6.80. The second-order valence-corrected chi connectivity index (χ2v) is 35.9. The fraction of sp³-hybridized carbons (Fsp3) is 0.761. The second-order valence-electron chi connectivity index (χ2n) is 32.1. The van der Waals surface area contributed by atoms with Crippen molar-refractivity contribution in [2.24, 2.45) is 23.1 Å². The van der Waals surface area contributed by atoms with E-state index in [9.17, 15) is 105 Å². The van der Waals surface area contributed by atoms with Crippen LogP contribution in [0.25, 0.3) is 0 Å². The van der Waals surface area contributed by atoms with Crippen molar-refractivity contribution in [3.05, 3.63) is 0 Å². The Labute approximate surface area is 826 Å². The summed E-state index contributed by atoms with van der Waals surface area (Å²) in [5.41, 5.74) is 17.1. The number of nitrogens with zero attached hydrogens (tertiary/aromatic N) is 1. The van der Waals surface area contributed by atoms with Crippen LogP contribution >= 0.6 is 47.9 Å². The molecule has 0 saturated carbocycles. The fourth-order valence-electron chi connectivity index (χ4n) is 12.3. The van der Waals surface area contributed by atoms with Crippen LogP contribution in [0.2, 0.25) is 0 Å². The molecule has 0 bridgehead atoms. The van der Waals surface area contributed by atoms with Gasteiger partial charge in [0.25, 0.3) is 0 Å². The van der Waals surface area contributed by atoms with Crippen LogP contribution in [-0.4, -0.2) is 296 Å². The van der Waals surface area contributed by atoms with Crippen LogP contribution in [-0.2, 0) is 105 Å². The zero-order valence-electron chi connectivity index (χ0n) is 82.2. The molecular formula is C92H163N15O26S4. The molecule has 21 N–H and O–H groups in total. The molecule has 1 fully saturated rings. The summed E-state index contributed by atoms with van der Waals surface area (Å²) in [4.78, 5) is 272. The molecule has 137 heavy (non-hydrogen) atoms. The number of rotatable bonds is 78. The Morgan fingerprint density at radius 1 is 0.365 bits per heavy atom. The summed E-state index contributed by atoms with van der Waals surface area (Å²) >= 11 is 7.28. The lowest BCUT2D eigenvalue weighted by molar-refractivity contribution is -0.139. The molecule has 8 unspecified atom stereocenters. The lowest BCUT2D eigenvalue weighted by Crippen LogP contribution is -2.57. The monoisotopic (exact) mass is 2020 g/mol. The Kier molecular flexibility index (Phi) is 86.6.